The molecule has 0 spiro atoms. The Balaban J connectivity index is 1.68. The summed E-state index contributed by atoms with van der Waals surface area (Å²) in [6.07, 6.45) is 0.857. The predicted octanol–water partition coefficient (Wildman–Crippen LogP) is 3.11. The number of thioether (sulfide) groups is 1. The second-order valence-corrected chi connectivity index (χ2v) is 8.42. The first kappa shape index (κ1) is 18.7. The zero-order valence-electron chi connectivity index (χ0n) is 14.4. The van der Waals surface area contributed by atoms with Gasteiger partial charge in [-0.1, -0.05) is 6.07 Å². The van der Waals surface area contributed by atoms with E-state index in [1.54, 1.807) is 47.4 Å². The number of aliphatic carboxylic acids is 1. The van der Waals surface area contributed by atoms with E-state index in [1.807, 2.05) is 12.3 Å². The predicted molar refractivity (Wildman–Crippen MR) is 102 cm³/mol. The molecule has 0 bridgehead atoms. The summed E-state index contributed by atoms with van der Waals surface area (Å²) in [4.78, 5) is 28.7. The Kier molecular flexibility index (Phi) is 5.83. The smallest absolute Gasteiger partial charge is 0.329 e. The van der Waals surface area contributed by atoms with Gasteiger partial charge in [0.1, 0.15) is 17.9 Å². The molecule has 26 heavy (non-hydrogen) atoms. The molecule has 6 nitrogen and oxygen atoms in total. The van der Waals surface area contributed by atoms with Crippen LogP contribution in [-0.4, -0.2) is 39.0 Å². The van der Waals surface area contributed by atoms with E-state index in [9.17, 15) is 14.7 Å². The summed E-state index contributed by atoms with van der Waals surface area (Å²) in [7, 11) is 0. The Labute approximate surface area is 160 Å². The number of carbonyl (C=O) groups excluding carboxylic acids is 1. The molecule has 1 aliphatic rings. The molecule has 1 fully saturated rings. The van der Waals surface area contributed by atoms with Crippen molar-refractivity contribution in [3.05, 3.63) is 45.9 Å². The molecule has 1 aliphatic heterocycles. The van der Waals surface area contributed by atoms with Crippen molar-refractivity contribution in [3.8, 4) is 5.75 Å². The lowest BCUT2D eigenvalue weighted by Crippen LogP contribution is -2.56. The van der Waals surface area contributed by atoms with Gasteiger partial charge in [0.25, 0.3) is 5.91 Å². The van der Waals surface area contributed by atoms with Gasteiger partial charge in [-0.15, -0.1) is 11.3 Å². The quantitative estimate of drug-likeness (QED) is 0.785. The van der Waals surface area contributed by atoms with Crippen LogP contribution in [0, 0.1) is 6.92 Å². The summed E-state index contributed by atoms with van der Waals surface area (Å²) in [6, 6.07) is 6.77. The molecule has 3 rings (SSSR count). The van der Waals surface area contributed by atoms with Crippen LogP contribution in [-0.2, 0) is 11.4 Å². The number of benzene rings is 1. The van der Waals surface area contributed by atoms with Crippen molar-refractivity contribution in [2.24, 2.45) is 0 Å². The minimum Gasteiger partial charge on any atom is -0.487 e. The number of carboxylic acid groups (broad SMARTS) is 1. The number of carbonyl (C=O) groups is 2. The van der Waals surface area contributed by atoms with Gasteiger partial charge in [0.15, 0.2) is 0 Å². The Morgan fingerprint density at radius 2 is 2.12 bits per heavy atom. The number of hydrogen-bond donors (Lipinski definition) is 2. The maximum Gasteiger partial charge on any atom is 0.329 e. The fourth-order valence-electron chi connectivity index (χ4n) is 2.76. The van der Waals surface area contributed by atoms with E-state index >= 15 is 0 Å². The van der Waals surface area contributed by atoms with Crippen molar-refractivity contribution < 1.29 is 19.4 Å². The second-order valence-electron chi connectivity index (χ2n) is 6.13. The number of rotatable bonds is 6. The number of amides is 1. The highest BCUT2D eigenvalue weighted by atomic mass is 32.2. The van der Waals surface area contributed by atoms with Gasteiger partial charge in [-0.25, -0.2) is 9.78 Å². The topological polar surface area (TPSA) is 88.5 Å². The number of nitrogens with one attached hydrogen (secondary N) is 1. The van der Waals surface area contributed by atoms with Crippen LogP contribution in [0.4, 0.5) is 0 Å². The van der Waals surface area contributed by atoms with Crippen LogP contribution in [0.2, 0.25) is 0 Å². The Morgan fingerprint density at radius 3 is 2.77 bits per heavy atom. The Bertz CT molecular complexity index is 800. The van der Waals surface area contributed by atoms with E-state index < -0.39 is 17.4 Å². The van der Waals surface area contributed by atoms with Crippen molar-refractivity contribution in [1.29, 1.82) is 0 Å². The van der Waals surface area contributed by atoms with Crippen LogP contribution in [0.5, 0.6) is 5.75 Å². The third kappa shape index (κ3) is 4.37. The van der Waals surface area contributed by atoms with Gasteiger partial charge in [0.05, 0.1) is 10.7 Å². The minimum atomic E-state index is -1.18. The number of ether oxygens (including phenoxy) is 1. The van der Waals surface area contributed by atoms with Crippen molar-refractivity contribution in [2.75, 3.05) is 11.5 Å². The summed E-state index contributed by atoms with van der Waals surface area (Å²) < 4.78 is 5.70. The molecule has 1 amide bonds. The lowest BCUT2D eigenvalue weighted by Gasteiger charge is -2.33. The van der Waals surface area contributed by atoms with Crippen molar-refractivity contribution in [2.45, 2.75) is 31.9 Å². The standard InChI is InChI=1S/C18H20N2O4S2/c1-12-19-14(11-26-12)10-24-15-4-2-3-13(9-15)16(21)20-18(17(22)23)5-7-25-8-6-18/h2-4,9,11H,5-8,10H2,1H3,(H,20,21)(H,22,23). The third-order valence-corrected chi connectivity index (χ3v) is 6.07. The largest absolute Gasteiger partial charge is 0.487 e. The molecular formula is C18H20N2O4S2. The van der Waals surface area contributed by atoms with Crippen molar-refractivity contribution in [1.82, 2.24) is 10.3 Å². The number of thiazole rings is 1. The van der Waals surface area contributed by atoms with Gasteiger partial charge < -0.3 is 15.2 Å². The molecule has 1 saturated heterocycles. The lowest BCUT2D eigenvalue weighted by atomic mass is 9.92. The lowest BCUT2D eigenvalue weighted by molar-refractivity contribution is -0.144. The highest BCUT2D eigenvalue weighted by molar-refractivity contribution is 7.99. The van der Waals surface area contributed by atoms with Crippen LogP contribution in [0.25, 0.3) is 0 Å². The molecule has 1 aromatic heterocycles. The first-order chi connectivity index (χ1) is 12.5. The van der Waals surface area contributed by atoms with Crippen LogP contribution >= 0.6 is 23.1 Å². The van der Waals surface area contributed by atoms with E-state index in [1.165, 1.54) is 0 Å². The van der Waals surface area contributed by atoms with Gasteiger partial charge in [-0.05, 0) is 49.5 Å². The Hall–Kier alpha value is -2.06. The van der Waals surface area contributed by atoms with E-state index in [0.717, 1.165) is 22.2 Å². The minimum absolute atomic E-state index is 0.325. The van der Waals surface area contributed by atoms with Gasteiger partial charge in [-0.2, -0.15) is 11.8 Å². The van der Waals surface area contributed by atoms with Crippen LogP contribution in [0.15, 0.2) is 29.6 Å². The fraction of sp³-hybridized carbons (Fsp3) is 0.389. The second kappa shape index (κ2) is 8.09. The summed E-state index contributed by atoms with van der Waals surface area (Å²) >= 11 is 3.26. The van der Waals surface area contributed by atoms with E-state index in [0.29, 0.717) is 30.8 Å². The SMILES string of the molecule is Cc1nc(COc2cccc(C(=O)NC3(C(=O)O)CCSCC3)c2)cs1. The summed E-state index contributed by atoms with van der Waals surface area (Å²) in [5.74, 6) is 0.629. The first-order valence-corrected chi connectivity index (χ1v) is 10.3. The number of aryl methyl sites for hydroxylation is 1. The monoisotopic (exact) mass is 392 g/mol. The first-order valence-electron chi connectivity index (χ1n) is 8.26. The maximum atomic E-state index is 12.6. The zero-order valence-corrected chi connectivity index (χ0v) is 16.0. The molecule has 2 aromatic rings. The van der Waals surface area contributed by atoms with Crippen molar-refractivity contribution >= 4 is 35.0 Å². The molecule has 0 unspecified atom stereocenters. The summed E-state index contributed by atoms with van der Waals surface area (Å²) in [5.41, 5.74) is 0.0415. The number of nitrogens with zero attached hydrogens (tertiary/aromatic N) is 1. The Morgan fingerprint density at radius 1 is 1.35 bits per heavy atom. The van der Waals surface area contributed by atoms with Crippen molar-refractivity contribution in [3.63, 3.8) is 0 Å². The van der Waals surface area contributed by atoms with E-state index in [2.05, 4.69) is 10.3 Å². The van der Waals surface area contributed by atoms with Crippen LogP contribution < -0.4 is 10.1 Å². The average molecular weight is 393 g/mol. The summed E-state index contributed by atoms with van der Waals surface area (Å²) in [5, 5.41) is 15.2. The van der Waals surface area contributed by atoms with Crippen LogP contribution in [0.3, 0.4) is 0 Å². The summed E-state index contributed by atoms with van der Waals surface area (Å²) in [6.45, 7) is 2.26. The molecule has 0 atom stereocenters. The molecule has 2 N–H and O–H groups in total. The molecule has 1 aromatic carbocycles. The van der Waals surface area contributed by atoms with Crippen LogP contribution in [0.1, 0.15) is 33.9 Å². The highest BCUT2D eigenvalue weighted by Gasteiger charge is 2.41. The molecule has 2 heterocycles. The number of aromatic nitrogens is 1. The molecule has 0 radical (unpaired) electrons. The number of hydrogen-bond acceptors (Lipinski definition) is 6. The molecule has 0 aliphatic carbocycles. The highest BCUT2D eigenvalue weighted by Crippen LogP contribution is 2.28. The van der Waals surface area contributed by atoms with E-state index in [4.69, 9.17) is 4.74 Å². The normalized spacial score (nSPS) is 16.0. The van der Waals surface area contributed by atoms with Gasteiger partial charge >= 0.3 is 5.97 Å². The fourth-order valence-corrected chi connectivity index (χ4v) is 4.55. The van der Waals surface area contributed by atoms with Gasteiger partial charge in [-0.3, -0.25) is 4.79 Å². The maximum absolute atomic E-state index is 12.6. The van der Waals surface area contributed by atoms with Gasteiger partial charge in [0.2, 0.25) is 0 Å². The molecular weight excluding hydrogens is 372 g/mol. The molecule has 0 saturated carbocycles. The zero-order chi connectivity index (χ0) is 18.6. The third-order valence-electron chi connectivity index (χ3n) is 4.26. The van der Waals surface area contributed by atoms with Gasteiger partial charge in [0, 0.05) is 10.9 Å². The molecule has 138 valence electrons. The molecule has 8 heteroatoms. The van der Waals surface area contributed by atoms with E-state index in [-0.39, 0.29) is 0 Å². The number of carboxylic acids is 1. The average Bonchev–Trinajstić information content (AvgIpc) is 3.06.